The largest absolute Gasteiger partial charge is 0.481 e. The number of rotatable bonds is 8. The number of nitrogens with one attached hydrogen (secondary N) is 1. The molecule has 1 saturated carbocycles. The van der Waals surface area contributed by atoms with Crippen LogP contribution in [0.2, 0.25) is 0 Å². The van der Waals surface area contributed by atoms with Gasteiger partial charge < -0.3 is 19.3 Å². The maximum Gasteiger partial charge on any atom is 0.414 e. The highest BCUT2D eigenvalue weighted by atomic mass is 16.6. The van der Waals surface area contributed by atoms with Crippen LogP contribution in [0.15, 0.2) is 59.1 Å². The van der Waals surface area contributed by atoms with Crippen LogP contribution in [0.3, 0.4) is 0 Å². The first-order valence-corrected chi connectivity index (χ1v) is 11.1. The SMILES string of the molecule is O=C(O)CCN(C(=O)c1cc(NC(=O)OCC2c3ccccc3-c3ccccc32)on1)C1CC1. The number of anilines is 1. The molecule has 34 heavy (non-hydrogen) atoms. The summed E-state index contributed by atoms with van der Waals surface area (Å²) < 4.78 is 10.6. The third-order valence-corrected chi connectivity index (χ3v) is 6.11. The number of hydrogen-bond acceptors (Lipinski definition) is 6. The van der Waals surface area contributed by atoms with E-state index >= 15 is 0 Å². The van der Waals surface area contributed by atoms with E-state index in [-0.39, 0.29) is 43.1 Å². The summed E-state index contributed by atoms with van der Waals surface area (Å²) in [5, 5.41) is 15.1. The van der Waals surface area contributed by atoms with E-state index in [4.69, 9.17) is 14.4 Å². The van der Waals surface area contributed by atoms with Gasteiger partial charge in [0, 0.05) is 24.6 Å². The number of carboxylic acids is 1. The number of benzene rings is 2. The lowest BCUT2D eigenvalue weighted by Gasteiger charge is -2.19. The number of carbonyl (C=O) groups excluding carboxylic acids is 2. The second kappa shape index (κ2) is 9.01. The van der Waals surface area contributed by atoms with Gasteiger partial charge in [0.25, 0.3) is 5.91 Å². The molecule has 0 radical (unpaired) electrons. The Morgan fingerprint density at radius 2 is 1.71 bits per heavy atom. The van der Waals surface area contributed by atoms with Crippen LogP contribution in [0, 0.1) is 0 Å². The molecular weight excluding hydrogens is 438 g/mol. The van der Waals surface area contributed by atoms with Gasteiger partial charge in [-0.3, -0.25) is 14.9 Å². The lowest BCUT2D eigenvalue weighted by atomic mass is 9.98. The quantitative estimate of drug-likeness (QED) is 0.517. The van der Waals surface area contributed by atoms with Crippen LogP contribution in [0.1, 0.15) is 46.8 Å². The molecule has 2 aromatic carbocycles. The van der Waals surface area contributed by atoms with Crippen LogP contribution >= 0.6 is 0 Å². The molecule has 1 aromatic heterocycles. The predicted octanol–water partition coefficient (Wildman–Crippen LogP) is 4.11. The van der Waals surface area contributed by atoms with Crippen molar-refractivity contribution in [2.45, 2.75) is 31.2 Å². The first kappa shape index (κ1) is 21.7. The van der Waals surface area contributed by atoms with Crippen molar-refractivity contribution in [3.63, 3.8) is 0 Å². The molecule has 2 aliphatic rings. The van der Waals surface area contributed by atoms with Gasteiger partial charge in [-0.2, -0.15) is 0 Å². The van der Waals surface area contributed by atoms with Gasteiger partial charge in [0.1, 0.15) is 6.61 Å². The molecule has 0 saturated heterocycles. The number of fused-ring (bicyclic) bond motifs is 3. The molecule has 5 rings (SSSR count). The van der Waals surface area contributed by atoms with Crippen molar-refractivity contribution in [1.82, 2.24) is 10.1 Å². The summed E-state index contributed by atoms with van der Waals surface area (Å²) in [5.74, 6) is -1.50. The number of amides is 2. The summed E-state index contributed by atoms with van der Waals surface area (Å²) in [4.78, 5) is 37.5. The van der Waals surface area contributed by atoms with Gasteiger partial charge in [0.15, 0.2) is 5.69 Å². The second-order valence-electron chi connectivity index (χ2n) is 8.40. The lowest BCUT2D eigenvalue weighted by Crippen LogP contribution is -2.35. The number of aliphatic carboxylic acids is 1. The van der Waals surface area contributed by atoms with E-state index in [2.05, 4.69) is 22.6 Å². The molecule has 1 fully saturated rings. The first-order chi connectivity index (χ1) is 16.5. The van der Waals surface area contributed by atoms with E-state index in [0.717, 1.165) is 35.1 Å². The third kappa shape index (κ3) is 4.36. The minimum Gasteiger partial charge on any atom is -0.481 e. The first-order valence-electron chi connectivity index (χ1n) is 11.1. The van der Waals surface area contributed by atoms with Crippen LogP contribution in [0.4, 0.5) is 10.7 Å². The Morgan fingerprint density at radius 1 is 1.06 bits per heavy atom. The molecule has 0 unspecified atom stereocenters. The average Bonchev–Trinajstić information content (AvgIpc) is 3.47. The van der Waals surface area contributed by atoms with E-state index in [9.17, 15) is 14.4 Å². The standard InChI is InChI=1S/C25H23N3O6/c29-23(30)11-12-28(15-9-10-15)24(31)21-13-22(34-27-21)26-25(32)33-14-20-18-7-3-1-5-16(18)17-6-2-4-8-19(17)20/h1-8,13,15,20H,9-12,14H2,(H,26,32)(H,29,30). The summed E-state index contributed by atoms with van der Waals surface area (Å²) in [6, 6.07) is 17.4. The second-order valence-corrected chi connectivity index (χ2v) is 8.40. The fourth-order valence-corrected chi connectivity index (χ4v) is 4.37. The molecule has 0 bridgehead atoms. The van der Waals surface area contributed by atoms with Gasteiger partial charge in [0.2, 0.25) is 5.88 Å². The Morgan fingerprint density at radius 3 is 2.32 bits per heavy atom. The summed E-state index contributed by atoms with van der Waals surface area (Å²) >= 11 is 0. The number of aromatic nitrogens is 1. The molecule has 2 N–H and O–H groups in total. The highest BCUT2D eigenvalue weighted by Crippen LogP contribution is 2.44. The molecule has 9 nitrogen and oxygen atoms in total. The number of hydrogen-bond donors (Lipinski definition) is 2. The van der Waals surface area contributed by atoms with E-state index in [1.807, 2.05) is 36.4 Å². The molecule has 0 atom stereocenters. The number of nitrogens with zero attached hydrogens (tertiary/aromatic N) is 2. The van der Waals surface area contributed by atoms with E-state index in [1.165, 1.54) is 11.0 Å². The van der Waals surface area contributed by atoms with Crippen molar-refractivity contribution in [2.75, 3.05) is 18.5 Å². The van der Waals surface area contributed by atoms with Crippen molar-refractivity contribution in [3.05, 3.63) is 71.4 Å². The molecule has 9 heteroatoms. The fourth-order valence-electron chi connectivity index (χ4n) is 4.37. The summed E-state index contributed by atoms with van der Waals surface area (Å²) in [6.45, 7) is 0.241. The van der Waals surface area contributed by atoms with Gasteiger partial charge in [-0.25, -0.2) is 4.79 Å². The van der Waals surface area contributed by atoms with Crippen molar-refractivity contribution in [3.8, 4) is 11.1 Å². The smallest absolute Gasteiger partial charge is 0.414 e. The molecule has 1 heterocycles. The van der Waals surface area contributed by atoms with Crippen LogP contribution < -0.4 is 5.32 Å². The summed E-state index contributed by atoms with van der Waals surface area (Å²) in [7, 11) is 0. The van der Waals surface area contributed by atoms with Gasteiger partial charge in [-0.1, -0.05) is 53.7 Å². The Kier molecular flexibility index (Phi) is 5.75. The highest BCUT2D eigenvalue weighted by molar-refractivity contribution is 5.94. The lowest BCUT2D eigenvalue weighted by molar-refractivity contribution is -0.137. The topological polar surface area (TPSA) is 122 Å². The fraction of sp³-hybridized carbons (Fsp3) is 0.280. The molecule has 0 aliphatic heterocycles. The Bertz CT molecular complexity index is 1200. The van der Waals surface area contributed by atoms with Crippen LogP contribution in [0.25, 0.3) is 11.1 Å². The molecule has 2 amide bonds. The normalized spacial score (nSPS) is 14.2. The number of carboxylic acid groups (broad SMARTS) is 1. The van der Waals surface area contributed by atoms with Crippen molar-refractivity contribution in [1.29, 1.82) is 0 Å². The van der Waals surface area contributed by atoms with Crippen molar-refractivity contribution in [2.24, 2.45) is 0 Å². The van der Waals surface area contributed by atoms with E-state index in [0.29, 0.717) is 0 Å². The molecule has 3 aromatic rings. The molecule has 0 spiro atoms. The minimum absolute atomic E-state index is 0.00577. The average molecular weight is 461 g/mol. The molecule has 2 aliphatic carbocycles. The Labute approximate surface area is 195 Å². The van der Waals surface area contributed by atoms with Gasteiger partial charge in [-0.05, 0) is 35.1 Å². The van der Waals surface area contributed by atoms with Crippen LogP contribution in [-0.4, -0.2) is 52.3 Å². The zero-order valence-electron chi connectivity index (χ0n) is 18.3. The number of carbonyl (C=O) groups is 3. The zero-order chi connectivity index (χ0) is 23.7. The highest BCUT2D eigenvalue weighted by Gasteiger charge is 2.34. The monoisotopic (exact) mass is 461 g/mol. The van der Waals surface area contributed by atoms with Crippen molar-refractivity contribution >= 4 is 23.9 Å². The Hall–Kier alpha value is -4.14. The zero-order valence-corrected chi connectivity index (χ0v) is 18.3. The maximum absolute atomic E-state index is 12.7. The van der Waals surface area contributed by atoms with Crippen LogP contribution in [0.5, 0.6) is 0 Å². The summed E-state index contributed by atoms with van der Waals surface area (Å²) in [5.41, 5.74) is 4.48. The summed E-state index contributed by atoms with van der Waals surface area (Å²) in [6.07, 6.45) is 0.787. The van der Waals surface area contributed by atoms with E-state index in [1.54, 1.807) is 0 Å². The Balaban J connectivity index is 1.21. The van der Waals surface area contributed by atoms with Gasteiger partial charge in [0.05, 0.1) is 6.42 Å². The van der Waals surface area contributed by atoms with Crippen molar-refractivity contribution < 1.29 is 28.8 Å². The number of ether oxygens (including phenoxy) is 1. The third-order valence-electron chi connectivity index (χ3n) is 6.11. The van der Waals surface area contributed by atoms with Gasteiger partial charge >= 0.3 is 12.1 Å². The minimum atomic E-state index is -0.976. The van der Waals surface area contributed by atoms with Crippen LogP contribution in [-0.2, 0) is 9.53 Å². The molecular formula is C25H23N3O6. The predicted molar refractivity (Wildman–Crippen MR) is 122 cm³/mol. The maximum atomic E-state index is 12.7. The van der Waals surface area contributed by atoms with Gasteiger partial charge in [-0.15, -0.1) is 0 Å². The molecule has 174 valence electrons. The van der Waals surface area contributed by atoms with E-state index < -0.39 is 18.0 Å².